The lowest BCUT2D eigenvalue weighted by atomic mass is 10.0. The monoisotopic (exact) mass is 660 g/mol. The highest BCUT2D eigenvalue weighted by Gasteiger charge is 2.14. The maximum Gasteiger partial charge on any atom is 0.514 e. The van der Waals surface area contributed by atoms with Crippen molar-refractivity contribution in [3.63, 3.8) is 0 Å². The van der Waals surface area contributed by atoms with Gasteiger partial charge in [0.05, 0.1) is 23.3 Å². The Morgan fingerprint density at radius 3 is 2.30 bits per heavy atom. The van der Waals surface area contributed by atoms with Crippen LogP contribution in [0.5, 0.6) is 5.75 Å². The van der Waals surface area contributed by atoms with Crippen LogP contribution in [0.4, 0.5) is 32.3 Å². The normalized spacial score (nSPS) is 10.9. The minimum Gasteiger partial charge on any atom is -0.450 e. The molecule has 46 heavy (non-hydrogen) atoms. The molecule has 0 aliphatic rings. The number of benzene rings is 4. The summed E-state index contributed by atoms with van der Waals surface area (Å²) < 4.78 is 16.0. The summed E-state index contributed by atoms with van der Waals surface area (Å²) in [4.78, 5) is 31.9. The van der Waals surface area contributed by atoms with E-state index in [9.17, 15) is 9.59 Å². The van der Waals surface area contributed by atoms with Gasteiger partial charge in [-0.2, -0.15) is 0 Å². The van der Waals surface area contributed by atoms with E-state index in [-0.39, 0.29) is 13.2 Å². The lowest BCUT2D eigenvalue weighted by Gasteiger charge is -2.22. The number of fused-ring (bicyclic) bond motifs is 2. The van der Waals surface area contributed by atoms with Gasteiger partial charge in [0, 0.05) is 52.7 Å². The summed E-state index contributed by atoms with van der Waals surface area (Å²) in [7, 11) is 0. The van der Waals surface area contributed by atoms with Crippen molar-refractivity contribution < 1.29 is 23.8 Å². The van der Waals surface area contributed by atoms with Gasteiger partial charge in [0.25, 0.3) is 0 Å². The number of hydrogen-bond donors (Lipinski definition) is 2. The lowest BCUT2D eigenvalue weighted by molar-refractivity contribution is 0.0927. The Balaban J connectivity index is 1.37. The highest BCUT2D eigenvalue weighted by Crippen LogP contribution is 2.35. The zero-order valence-corrected chi connectivity index (χ0v) is 27.0. The third-order valence-corrected chi connectivity index (χ3v) is 7.50. The number of amides is 1. The quantitative estimate of drug-likeness (QED) is 0.0591. The first kappa shape index (κ1) is 32.7. The Morgan fingerprint density at radius 2 is 1.57 bits per heavy atom. The van der Waals surface area contributed by atoms with Gasteiger partial charge in [-0.1, -0.05) is 36.4 Å². The van der Waals surface area contributed by atoms with E-state index >= 15 is 0 Å². The van der Waals surface area contributed by atoms with Gasteiger partial charge >= 0.3 is 12.2 Å². The summed E-state index contributed by atoms with van der Waals surface area (Å²) in [5.41, 5.74) is 6.29. The minimum atomic E-state index is -0.869. The average molecular weight is 662 g/mol. The van der Waals surface area contributed by atoms with Crippen molar-refractivity contribution in [1.82, 2.24) is 4.98 Å². The number of hydrogen-bond acceptors (Lipinski definition) is 8. The SMILES string of the molecule is CCOC(=O)Nc1cc(COC(=O)Oc2ccc(N(CCCl)CCCl)cc2)cc(Nc2c3ccccc3nc3c(C)cccc23)c1. The standard InChI is InChI=1S/C35H34Cl2N4O5/c1-3-44-34(42)39-26-20-24(22-45-35(43)46-28-13-11-27(12-14-28)41(17-15-36)18-16-37)19-25(21-26)38-33-29-8-4-5-10-31(29)40-32-23(2)7-6-9-30(32)33/h4-14,19-21H,3,15-18,22H2,1-2H3,(H,38,40)(H,39,42). The minimum absolute atomic E-state index is 0.111. The molecular weight excluding hydrogens is 627 g/mol. The summed E-state index contributed by atoms with van der Waals surface area (Å²) in [6, 6.07) is 26.3. The molecule has 9 nitrogen and oxygen atoms in total. The largest absolute Gasteiger partial charge is 0.514 e. The summed E-state index contributed by atoms with van der Waals surface area (Å²) in [5.74, 6) is 1.26. The molecule has 2 N–H and O–H groups in total. The van der Waals surface area contributed by atoms with E-state index in [1.807, 2.05) is 72.5 Å². The molecule has 0 radical (unpaired) electrons. The first-order chi connectivity index (χ1) is 22.4. The molecule has 0 bridgehead atoms. The van der Waals surface area contributed by atoms with Crippen molar-refractivity contribution in [3.05, 3.63) is 96.1 Å². The van der Waals surface area contributed by atoms with Gasteiger partial charge in [-0.25, -0.2) is 14.6 Å². The fourth-order valence-corrected chi connectivity index (χ4v) is 5.52. The molecule has 0 saturated heterocycles. The van der Waals surface area contributed by atoms with E-state index in [1.165, 1.54) is 0 Å². The number of halogens is 2. The maximum absolute atomic E-state index is 12.7. The number of alkyl halides is 2. The van der Waals surface area contributed by atoms with Gasteiger partial charge in [-0.15, -0.1) is 23.2 Å². The molecule has 4 aromatic carbocycles. The van der Waals surface area contributed by atoms with Crippen LogP contribution in [0, 0.1) is 6.92 Å². The smallest absolute Gasteiger partial charge is 0.450 e. The Bertz CT molecular complexity index is 1830. The summed E-state index contributed by atoms with van der Waals surface area (Å²) >= 11 is 11.8. The molecule has 0 fully saturated rings. The van der Waals surface area contributed by atoms with Crippen molar-refractivity contribution in [2.75, 3.05) is 47.0 Å². The average Bonchev–Trinajstić information content (AvgIpc) is 3.04. The van der Waals surface area contributed by atoms with Crippen LogP contribution < -0.4 is 20.3 Å². The number of aromatic nitrogens is 1. The zero-order chi connectivity index (χ0) is 32.5. The van der Waals surface area contributed by atoms with Gasteiger partial charge < -0.3 is 24.4 Å². The van der Waals surface area contributed by atoms with Crippen molar-refractivity contribution >= 4 is 80.0 Å². The Labute approximate surface area is 277 Å². The molecule has 0 aliphatic heterocycles. The Morgan fingerprint density at radius 1 is 0.848 bits per heavy atom. The summed E-state index contributed by atoms with van der Waals surface area (Å²) in [6.45, 7) is 5.15. The first-order valence-corrected chi connectivity index (χ1v) is 15.9. The number of ether oxygens (including phenoxy) is 3. The second-order valence-electron chi connectivity index (χ2n) is 10.4. The van der Waals surface area contributed by atoms with Gasteiger partial charge in [-0.05, 0) is 73.5 Å². The van der Waals surface area contributed by atoms with Crippen molar-refractivity contribution in [2.45, 2.75) is 20.5 Å². The number of carbonyl (C=O) groups is 2. The number of aryl methyl sites for hydroxylation is 1. The molecule has 5 aromatic rings. The van der Waals surface area contributed by atoms with E-state index in [0.717, 1.165) is 38.7 Å². The molecule has 11 heteroatoms. The van der Waals surface area contributed by atoms with Crippen LogP contribution in [0.1, 0.15) is 18.1 Å². The number of anilines is 4. The van der Waals surface area contributed by atoms with Crippen molar-refractivity contribution in [1.29, 1.82) is 0 Å². The number of rotatable bonds is 12. The van der Waals surface area contributed by atoms with Crippen LogP contribution in [0.15, 0.2) is 84.9 Å². The maximum atomic E-state index is 12.7. The molecule has 1 heterocycles. The van der Waals surface area contributed by atoms with E-state index in [4.69, 9.17) is 42.4 Å². The molecule has 0 atom stereocenters. The number of carbonyl (C=O) groups excluding carboxylic acids is 2. The Hall–Kier alpha value is -4.73. The second-order valence-corrected chi connectivity index (χ2v) is 11.1. The second kappa shape index (κ2) is 15.5. The van der Waals surface area contributed by atoms with Gasteiger partial charge in [0.2, 0.25) is 0 Å². The number of pyridine rings is 1. The molecule has 1 amide bonds. The van der Waals surface area contributed by atoms with Crippen LogP contribution in [-0.4, -0.2) is 48.7 Å². The molecule has 0 unspecified atom stereocenters. The number of nitrogens with one attached hydrogen (secondary N) is 2. The number of para-hydroxylation sites is 2. The van der Waals surface area contributed by atoms with Crippen LogP contribution in [0.25, 0.3) is 21.8 Å². The topological polar surface area (TPSA) is 102 Å². The summed E-state index contributed by atoms with van der Waals surface area (Å²) in [6.07, 6.45) is -1.47. The fourth-order valence-electron chi connectivity index (χ4n) is 5.11. The third-order valence-electron chi connectivity index (χ3n) is 7.17. The molecule has 5 rings (SSSR count). The third kappa shape index (κ3) is 8.10. The van der Waals surface area contributed by atoms with Gasteiger partial charge in [0.15, 0.2) is 0 Å². The van der Waals surface area contributed by atoms with Gasteiger partial charge in [-0.3, -0.25) is 5.32 Å². The van der Waals surface area contributed by atoms with Crippen LogP contribution in [0.2, 0.25) is 0 Å². The van der Waals surface area contributed by atoms with E-state index in [0.29, 0.717) is 47.5 Å². The van der Waals surface area contributed by atoms with Crippen molar-refractivity contribution in [2.24, 2.45) is 0 Å². The highest BCUT2D eigenvalue weighted by atomic mass is 35.5. The predicted molar refractivity (Wildman–Crippen MR) is 185 cm³/mol. The van der Waals surface area contributed by atoms with E-state index < -0.39 is 12.2 Å². The molecular formula is C35H34Cl2N4O5. The molecule has 0 aliphatic carbocycles. The summed E-state index contributed by atoms with van der Waals surface area (Å²) in [5, 5.41) is 8.17. The first-order valence-electron chi connectivity index (χ1n) is 14.8. The van der Waals surface area contributed by atoms with Gasteiger partial charge in [0.1, 0.15) is 12.4 Å². The van der Waals surface area contributed by atoms with E-state index in [1.54, 1.807) is 31.2 Å². The predicted octanol–water partition coefficient (Wildman–Crippen LogP) is 9.01. The van der Waals surface area contributed by atoms with E-state index in [2.05, 4.69) is 10.6 Å². The molecule has 238 valence electrons. The van der Waals surface area contributed by atoms with Crippen LogP contribution in [-0.2, 0) is 16.1 Å². The zero-order valence-electron chi connectivity index (χ0n) is 25.5. The van der Waals surface area contributed by atoms with Crippen LogP contribution in [0.3, 0.4) is 0 Å². The molecule has 0 saturated carbocycles. The van der Waals surface area contributed by atoms with Crippen molar-refractivity contribution in [3.8, 4) is 5.75 Å². The number of nitrogens with zero attached hydrogens (tertiary/aromatic N) is 2. The molecule has 0 spiro atoms. The highest BCUT2D eigenvalue weighted by molar-refractivity contribution is 6.18. The Kier molecular flexibility index (Phi) is 11.0. The lowest BCUT2D eigenvalue weighted by Crippen LogP contribution is -2.27. The van der Waals surface area contributed by atoms with Crippen LogP contribution >= 0.6 is 23.2 Å². The molecule has 1 aromatic heterocycles. The fraction of sp³-hybridized carbons (Fsp3) is 0.229.